The van der Waals surface area contributed by atoms with Gasteiger partial charge in [0.2, 0.25) is 0 Å². The molecule has 1 saturated heterocycles. The summed E-state index contributed by atoms with van der Waals surface area (Å²) in [6.07, 6.45) is 4.30. The Morgan fingerprint density at radius 2 is 1.56 bits per heavy atom. The van der Waals surface area contributed by atoms with Crippen LogP contribution < -0.4 is 10.2 Å². The Morgan fingerprint density at radius 1 is 1.00 bits per heavy atom. The Morgan fingerprint density at radius 3 is 2.15 bits per heavy atom. The Bertz CT molecular complexity index is 983. The molecule has 7 nitrogen and oxygen atoms in total. The van der Waals surface area contributed by atoms with Crippen molar-refractivity contribution in [2.24, 2.45) is 0 Å². The van der Waals surface area contributed by atoms with Crippen LogP contribution in [0.5, 0.6) is 0 Å². The second-order valence-electron chi connectivity index (χ2n) is 9.00. The number of rotatable bonds is 9. The first-order valence-corrected chi connectivity index (χ1v) is 12.3. The molecular weight excluding hydrogens is 475 g/mol. The molecule has 1 aliphatic heterocycles. The average Bonchev–Trinajstić information content (AvgIpc) is 3.00. The number of unbranched alkanes of at least 4 members (excludes halogenated alkanes) is 4. The quantitative estimate of drug-likeness (QED) is 0.214. The number of nitrogens with zero attached hydrogens (tertiary/aromatic N) is 3. The Balaban J connectivity index is 1.87. The summed E-state index contributed by atoms with van der Waals surface area (Å²) in [5, 5.41) is 15.4. The van der Waals surface area contributed by atoms with Gasteiger partial charge in [-0.1, -0.05) is 55.8 Å². The molecule has 0 unspecified atom stereocenters. The van der Waals surface area contributed by atoms with Crippen molar-refractivity contribution in [3.8, 4) is 0 Å². The third-order valence-corrected chi connectivity index (χ3v) is 6.64. The fourth-order valence-corrected chi connectivity index (χ4v) is 4.53. The van der Waals surface area contributed by atoms with E-state index in [-0.39, 0.29) is 6.03 Å². The van der Waals surface area contributed by atoms with Crippen LogP contribution in [-0.2, 0) is 0 Å². The first-order chi connectivity index (χ1) is 16.2. The maximum atomic E-state index is 13.6. The molecule has 1 fully saturated rings. The normalized spacial score (nSPS) is 17.2. The molecule has 4 amide bonds. The zero-order valence-corrected chi connectivity index (χ0v) is 21.3. The van der Waals surface area contributed by atoms with Gasteiger partial charge in [0.25, 0.3) is 0 Å². The summed E-state index contributed by atoms with van der Waals surface area (Å²) in [6.45, 7) is 6.40. The molecule has 34 heavy (non-hydrogen) atoms. The maximum absolute atomic E-state index is 13.6. The first kappa shape index (κ1) is 26.1. The Labute approximate surface area is 211 Å². The SMILES string of the molecule is CCCCCCCN1C(=O)N(c2ccc(Cl)cc2)[C@@H](N(O)C(=O)Nc2ccc(Cl)cc2)C1(C)C. The van der Waals surface area contributed by atoms with Crippen molar-refractivity contribution in [3.63, 3.8) is 0 Å². The zero-order chi connectivity index (χ0) is 24.9. The third kappa shape index (κ3) is 5.77. The molecule has 0 aromatic heterocycles. The van der Waals surface area contributed by atoms with Crippen LogP contribution in [-0.4, -0.2) is 45.5 Å². The number of amides is 4. The predicted molar refractivity (Wildman–Crippen MR) is 137 cm³/mol. The van der Waals surface area contributed by atoms with Crippen LogP contribution in [0.25, 0.3) is 0 Å². The van der Waals surface area contributed by atoms with Crippen LogP contribution in [0.3, 0.4) is 0 Å². The van der Waals surface area contributed by atoms with Gasteiger partial charge in [0, 0.05) is 28.0 Å². The molecule has 0 spiro atoms. The van der Waals surface area contributed by atoms with Crippen molar-refractivity contribution >= 4 is 46.6 Å². The molecular formula is C25H32Cl2N4O3. The standard InChI is InChI=1S/C25H32Cl2N4O3/c1-4-5-6-7-8-17-29-24(33)30(21-15-11-19(27)12-16-21)22(25(29,2)3)31(34)23(32)28-20-13-9-18(26)10-14-20/h9-16,22,34H,4-8,17H2,1-3H3,(H,28,32)/t22-/m0/s1. The van der Waals surface area contributed by atoms with E-state index in [1.165, 1.54) is 4.90 Å². The number of nitrogens with one attached hydrogen (secondary N) is 1. The van der Waals surface area contributed by atoms with Gasteiger partial charge in [-0.25, -0.2) is 9.59 Å². The largest absolute Gasteiger partial charge is 0.347 e. The van der Waals surface area contributed by atoms with Crippen LogP contribution >= 0.6 is 23.2 Å². The minimum atomic E-state index is -0.968. The Kier molecular flexibility index (Phi) is 8.68. The van der Waals surface area contributed by atoms with E-state index in [9.17, 15) is 14.8 Å². The summed E-state index contributed by atoms with van der Waals surface area (Å²) in [5.41, 5.74) is 0.147. The molecule has 184 valence electrons. The van der Waals surface area contributed by atoms with Gasteiger partial charge >= 0.3 is 12.1 Å². The lowest BCUT2D eigenvalue weighted by Crippen LogP contribution is -2.58. The lowest BCUT2D eigenvalue weighted by atomic mass is 9.99. The molecule has 0 aliphatic carbocycles. The van der Waals surface area contributed by atoms with E-state index in [2.05, 4.69) is 12.2 Å². The highest BCUT2D eigenvalue weighted by molar-refractivity contribution is 6.31. The van der Waals surface area contributed by atoms with Crippen LogP contribution in [0.4, 0.5) is 21.0 Å². The van der Waals surface area contributed by atoms with Crippen molar-refractivity contribution in [1.29, 1.82) is 0 Å². The van der Waals surface area contributed by atoms with Crippen molar-refractivity contribution in [2.45, 2.75) is 64.6 Å². The fraction of sp³-hybridized carbons (Fsp3) is 0.440. The van der Waals surface area contributed by atoms with Crippen LogP contribution in [0.15, 0.2) is 48.5 Å². The molecule has 2 N–H and O–H groups in total. The van der Waals surface area contributed by atoms with Gasteiger partial charge < -0.3 is 10.2 Å². The Hall–Kier alpha value is -2.48. The van der Waals surface area contributed by atoms with Crippen molar-refractivity contribution in [1.82, 2.24) is 9.96 Å². The number of halogens is 2. The third-order valence-electron chi connectivity index (χ3n) is 6.13. The summed E-state index contributed by atoms with van der Waals surface area (Å²) in [7, 11) is 0. The van der Waals surface area contributed by atoms with Crippen LogP contribution in [0.2, 0.25) is 10.0 Å². The molecule has 1 atom stereocenters. The summed E-state index contributed by atoms with van der Waals surface area (Å²) in [5.74, 6) is 0. The van der Waals surface area contributed by atoms with E-state index in [4.69, 9.17) is 23.2 Å². The minimum absolute atomic E-state index is 0.272. The first-order valence-electron chi connectivity index (χ1n) is 11.6. The fourth-order valence-electron chi connectivity index (χ4n) is 4.28. The van der Waals surface area contributed by atoms with E-state index < -0.39 is 17.7 Å². The molecule has 1 heterocycles. The summed E-state index contributed by atoms with van der Waals surface area (Å²) in [6, 6.07) is 12.3. The van der Waals surface area contributed by atoms with Gasteiger partial charge in [0.15, 0.2) is 6.17 Å². The van der Waals surface area contributed by atoms with Crippen molar-refractivity contribution in [2.75, 3.05) is 16.8 Å². The number of benzene rings is 2. The summed E-state index contributed by atoms with van der Waals surface area (Å²) < 4.78 is 0. The minimum Gasteiger partial charge on any atom is -0.315 e. The topological polar surface area (TPSA) is 76.1 Å². The highest BCUT2D eigenvalue weighted by atomic mass is 35.5. The lowest BCUT2D eigenvalue weighted by molar-refractivity contribution is -0.0949. The number of anilines is 2. The number of carbonyl (C=O) groups is 2. The van der Waals surface area contributed by atoms with Gasteiger partial charge in [0.1, 0.15) is 0 Å². The second kappa shape index (κ2) is 11.3. The van der Waals surface area contributed by atoms with E-state index in [0.29, 0.717) is 33.0 Å². The van der Waals surface area contributed by atoms with E-state index >= 15 is 0 Å². The molecule has 2 aromatic carbocycles. The van der Waals surface area contributed by atoms with E-state index in [1.807, 2.05) is 13.8 Å². The van der Waals surface area contributed by atoms with E-state index in [1.54, 1.807) is 53.4 Å². The molecule has 2 aromatic rings. The van der Waals surface area contributed by atoms with Gasteiger partial charge in [-0.05, 0) is 68.8 Å². The highest BCUT2D eigenvalue weighted by Crippen LogP contribution is 2.38. The highest BCUT2D eigenvalue weighted by Gasteiger charge is 2.55. The van der Waals surface area contributed by atoms with Gasteiger partial charge in [-0.3, -0.25) is 10.1 Å². The van der Waals surface area contributed by atoms with Gasteiger partial charge in [-0.15, -0.1) is 0 Å². The van der Waals surface area contributed by atoms with Gasteiger partial charge in [-0.2, -0.15) is 5.06 Å². The van der Waals surface area contributed by atoms with Crippen LogP contribution in [0.1, 0.15) is 52.9 Å². The number of hydroxylamine groups is 2. The van der Waals surface area contributed by atoms with E-state index in [0.717, 1.165) is 32.1 Å². The van der Waals surface area contributed by atoms with Crippen LogP contribution in [0, 0.1) is 0 Å². The number of hydrogen-bond donors (Lipinski definition) is 2. The number of hydrogen-bond acceptors (Lipinski definition) is 3. The molecule has 1 aliphatic rings. The number of urea groups is 2. The monoisotopic (exact) mass is 506 g/mol. The van der Waals surface area contributed by atoms with Crippen molar-refractivity contribution < 1.29 is 14.8 Å². The molecule has 0 bridgehead atoms. The summed E-state index contributed by atoms with van der Waals surface area (Å²) >= 11 is 12.0. The smallest absolute Gasteiger partial charge is 0.315 e. The number of carbonyl (C=O) groups excluding carboxylic acids is 2. The second-order valence-corrected chi connectivity index (χ2v) is 9.88. The van der Waals surface area contributed by atoms with Crippen molar-refractivity contribution in [3.05, 3.63) is 58.6 Å². The summed E-state index contributed by atoms with van der Waals surface area (Å²) in [4.78, 5) is 29.8. The average molecular weight is 507 g/mol. The maximum Gasteiger partial charge on any atom is 0.347 e. The molecule has 3 rings (SSSR count). The van der Waals surface area contributed by atoms with Gasteiger partial charge in [0.05, 0.1) is 5.54 Å². The predicted octanol–water partition coefficient (Wildman–Crippen LogP) is 7.23. The molecule has 0 saturated carbocycles. The molecule has 9 heteroatoms. The lowest BCUT2D eigenvalue weighted by Gasteiger charge is -2.38. The molecule has 0 radical (unpaired) electrons. The zero-order valence-electron chi connectivity index (χ0n) is 19.8.